The summed E-state index contributed by atoms with van der Waals surface area (Å²) in [6, 6.07) is 18.0. The van der Waals surface area contributed by atoms with Gasteiger partial charge in [-0.2, -0.15) is 0 Å². The fourth-order valence-corrected chi connectivity index (χ4v) is 5.14. The molecular weight excluding hydrogens is 406 g/mol. The Morgan fingerprint density at radius 3 is 2.41 bits per heavy atom. The minimum Gasteiger partial charge on any atom is -0.324 e. The van der Waals surface area contributed by atoms with Crippen molar-refractivity contribution in [2.75, 3.05) is 31.2 Å². The molecule has 2 aromatic rings. The van der Waals surface area contributed by atoms with Crippen LogP contribution in [0.15, 0.2) is 59.5 Å². The number of carbonyl (C=O) groups excluding carboxylic acids is 1. The van der Waals surface area contributed by atoms with Gasteiger partial charge in [0.1, 0.15) is 0 Å². The molecule has 1 heterocycles. The van der Waals surface area contributed by atoms with Crippen molar-refractivity contribution in [3.63, 3.8) is 0 Å². The van der Waals surface area contributed by atoms with E-state index in [4.69, 9.17) is 0 Å². The largest absolute Gasteiger partial charge is 0.324 e. The van der Waals surface area contributed by atoms with E-state index in [1.165, 1.54) is 11.8 Å². The molecule has 0 aromatic heterocycles. The van der Waals surface area contributed by atoms with Crippen LogP contribution in [0.3, 0.4) is 0 Å². The third-order valence-corrected chi connectivity index (χ3v) is 6.64. The topological polar surface area (TPSA) is 78.5 Å². The molecule has 0 saturated carbocycles. The van der Waals surface area contributed by atoms with Crippen LogP contribution in [-0.2, 0) is 20.6 Å². The third kappa shape index (κ3) is 7.47. The van der Waals surface area contributed by atoms with E-state index in [0.29, 0.717) is 32.5 Å². The van der Waals surface area contributed by atoms with Gasteiger partial charge in [-0.25, -0.2) is 13.1 Å². The van der Waals surface area contributed by atoms with Gasteiger partial charge in [0, 0.05) is 29.8 Å². The van der Waals surface area contributed by atoms with Gasteiger partial charge >= 0.3 is 0 Å². The van der Waals surface area contributed by atoms with E-state index in [1.54, 1.807) is 11.8 Å². The number of anilines is 1. The summed E-state index contributed by atoms with van der Waals surface area (Å²) in [6.45, 7) is 1.71. The lowest BCUT2D eigenvalue weighted by atomic mass is 10.1. The highest BCUT2D eigenvalue weighted by atomic mass is 32.2. The zero-order valence-corrected chi connectivity index (χ0v) is 18.1. The summed E-state index contributed by atoms with van der Waals surface area (Å²) < 4.78 is 25.3. The Morgan fingerprint density at radius 1 is 1.07 bits per heavy atom. The Kier molecular flexibility index (Phi) is 7.71. The lowest BCUT2D eigenvalue weighted by Gasteiger charge is -2.31. The second-order valence-corrected chi connectivity index (χ2v) is 10.1. The fraction of sp³-hybridized carbons (Fsp3) is 0.381. The Labute approximate surface area is 177 Å². The monoisotopic (exact) mass is 433 g/mol. The van der Waals surface area contributed by atoms with Gasteiger partial charge in [0.25, 0.3) is 0 Å². The quantitative estimate of drug-likeness (QED) is 0.626. The number of para-hydroxylation sites is 1. The number of carbonyl (C=O) groups is 1. The van der Waals surface area contributed by atoms with Gasteiger partial charge < -0.3 is 5.32 Å². The molecule has 0 aliphatic carbocycles. The first kappa shape index (κ1) is 21.8. The molecular formula is C21H27N3O3S2. The summed E-state index contributed by atoms with van der Waals surface area (Å²) in [5.74, 6) is 0.793. The van der Waals surface area contributed by atoms with Crippen molar-refractivity contribution in [3.8, 4) is 0 Å². The van der Waals surface area contributed by atoms with Crippen LogP contribution in [0, 0.1) is 0 Å². The van der Waals surface area contributed by atoms with Crippen LogP contribution >= 0.6 is 11.8 Å². The average Bonchev–Trinajstić information content (AvgIpc) is 2.68. The zero-order chi connectivity index (χ0) is 20.7. The molecule has 1 fully saturated rings. The highest BCUT2D eigenvalue weighted by molar-refractivity contribution is 7.98. The van der Waals surface area contributed by atoms with Gasteiger partial charge in [-0.05, 0) is 30.5 Å². The van der Waals surface area contributed by atoms with Gasteiger partial charge in [-0.1, -0.05) is 42.5 Å². The molecule has 2 aromatic carbocycles. The standard InChI is InChI=1S/C21H27N3O3S2/c1-29(26,27)23-18-11-13-24(14-12-18)15-21(25)22-19-9-5-6-10-20(19)28-16-17-7-3-2-4-8-17/h2-10,18,23H,11-16H2,1H3,(H,22,25). The van der Waals surface area contributed by atoms with Crippen molar-refractivity contribution in [2.24, 2.45) is 0 Å². The van der Waals surface area contributed by atoms with Gasteiger partial charge in [0.15, 0.2) is 0 Å². The van der Waals surface area contributed by atoms with Crippen LogP contribution in [0.2, 0.25) is 0 Å². The van der Waals surface area contributed by atoms with Crippen LogP contribution in [0.25, 0.3) is 0 Å². The van der Waals surface area contributed by atoms with E-state index < -0.39 is 10.0 Å². The normalized spacial score (nSPS) is 15.9. The number of thioether (sulfide) groups is 1. The van der Waals surface area contributed by atoms with Crippen molar-refractivity contribution in [2.45, 2.75) is 29.5 Å². The summed E-state index contributed by atoms with van der Waals surface area (Å²) in [5.41, 5.74) is 2.07. The number of hydrogen-bond acceptors (Lipinski definition) is 5. The van der Waals surface area contributed by atoms with Crippen molar-refractivity contribution < 1.29 is 13.2 Å². The highest BCUT2D eigenvalue weighted by Gasteiger charge is 2.23. The molecule has 8 heteroatoms. The number of hydrogen-bond donors (Lipinski definition) is 2. The van der Waals surface area contributed by atoms with Crippen LogP contribution < -0.4 is 10.0 Å². The van der Waals surface area contributed by atoms with Crippen LogP contribution in [0.1, 0.15) is 18.4 Å². The molecule has 0 spiro atoms. The minimum absolute atomic E-state index is 0.0422. The van der Waals surface area contributed by atoms with Crippen LogP contribution in [0.4, 0.5) is 5.69 Å². The number of sulfonamides is 1. The SMILES string of the molecule is CS(=O)(=O)NC1CCN(CC(=O)Nc2ccccc2SCc2ccccc2)CC1. The maximum absolute atomic E-state index is 12.5. The van der Waals surface area contributed by atoms with Crippen molar-refractivity contribution in [1.82, 2.24) is 9.62 Å². The predicted molar refractivity (Wildman–Crippen MR) is 119 cm³/mol. The molecule has 1 aliphatic rings. The van der Waals surface area contributed by atoms with Crippen molar-refractivity contribution in [3.05, 3.63) is 60.2 Å². The molecule has 6 nitrogen and oxygen atoms in total. The first-order valence-electron chi connectivity index (χ1n) is 9.64. The summed E-state index contributed by atoms with van der Waals surface area (Å²) in [7, 11) is -3.19. The lowest BCUT2D eigenvalue weighted by Crippen LogP contribution is -2.46. The fourth-order valence-electron chi connectivity index (χ4n) is 3.34. The zero-order valence-electron chi connectivity index (χ0n) is 16.5. The number of amides is 1. The molecule has 29 heavy (non-hydrogen) atoms. The predicted octanol–water partition coefficient (Wildman–Crippen LogP) is 2.93. The van der Waals surface area contributed by atoms with E-state index in [0.717, 1.165) is 16.3 Å². The Bertz CT molecular complexity index is 912. The Balaban J connectivity index is 1.50. The highest BCUT2D eigenvalue weighted by Crippen LogP contribution is 2.29. The number of rotatable bonds is 8. The molecule has 0 radical (unpaired) electrons. The average molecular weight is 434 g/mol. The van der Waals surface area contributed by atoms with Crippen molar-refractivity contribution in [1.29, 1.82) is 0 Å². The summed E-state index contributed by atoms with van der Waals surface area (Å²) in [4.78, 5) is 15.7. The molecule has 0 atom stereocenters. The molecule has 1 saturated heterocycles. The van der Waals surface area contributed by atoms with E-state index in [9.17, 15) is 13.2 Å². The van der Waals surface area contributed by atoms with E-state index >= 15 is 0 Å². The molecule has 2 N–H and O–H groups in total. The molecule has 3 rings (SSSR count). The van der Waals surface area contributed by atoms with E-state index in [2.05, 4.69) is 27.1 Å². The summed E-state index contributed by atoms with van der Waals surface area (Å²) in [6.07, 6.45) is 2.60. The number of benzene rings is 2. The van der Waals surface area contributed by atoms with Gasteiger partial charge in [0.2, 0.25) is 15.9 Å². The van der Waals surface area contributed by atoms with Crippen LogP contribution in [0.5, 0.6) is 0 Å². The maximum Gasteiger partial charge on any atom is 0.238 e. The smallest absolute Gasteiger partial charge is 0.238 e. The van der Waals surface area contributed by atoms with E-state index in [-0.39, 0.29) is 11.9 Å². The van der Waals surface area contributed by atoms with Crippen molar-refractivity contribution >= 4 is 33.4 Å². The molecule has 0 unspecified atom stereocenters. The second-order valence-electron chi connectivity index (χ2n) is 7.26. The molecule has 1 amide bonds. The molecule has 156 valence electrons. The van der Waals surface area contributed by atoms with Gasteiger partial charge in [0.05, 0.1) is 18.5 Å². The maximum atomic E-state index is 12.5. The molecule has 0 bridgehead atoms. The first-order chi connectivity index (χ1) is 13.9. The summed E-state index contributed by atoms with van der Waals surface area (Å²) >= 11 is 1.70. The Hall–Kier alpha value is -1.87. The first-order valence-corrected chi connectivity index (χ1v) is 12.5. The summed E-state index contributed by atoms with van der Waals surface area (Å²) in [5, 5.41) is 3.03. The van der Waals surface area contributed by atoms with Crippen LogP contribution in [-0.4, -0.2) is 51.2 Å². The second kappa shape index (κ2) is 10.2. The number of likely N-dealkylation sites (tertiary alicyclic amines) is 1. The number of nitrogens with one attached hydrogen (secondary N) is 2. The van der Waals surface area contributed by atoms with E-state index in [1.807, 2.05) is 42.5 Å². The third-order valence-electron chi connectivity index (χ3n) is 4.73. The number of nitrogens with zero attached hydrogens (tertiary/aromatic N) is 1. The van der Waals surface area contributed by atoms with Gasteiger partial charge in [-0.3, -0.25) is 9.69 Å². The lowest BCUT2D eigenvalue weighted by molar-refractivity contribution is -0.117. The Morgan fingerprint density at radius 2 is 1.72 bits per heavy atom. The molecule has 1 aliphatic heterocycles. The van der Waals surface area contributed by atoms with Gasteiger partial charge in [-0.15, -0.1) is 11.8 Å². The minimum atomic E-state index is -3.19. The number of piperidine rings is 1.